The van der Waals surface area contributed by atoms with Crippen LogP contribution < -0.4 is 9.46 Å². The van der Waals surface area contributed by atoms with Crippen molar-refractivity contribution >= 4 is 31.8 Å². The fraction of sp³-hybridized carbons (Fsp3) is 0.667. The van der Waals surface area contributed by atoms with Crippen LogP contribution in [-0.4, -0.2) is 62.9 Å². The van der Waals surface area contributed by atoms with Gasteiger partial charge in [0.05, 0.1) is 6.61 Å². The minimum absolute atomic E-state index is 0.303. The third-order valence-electron chi connectivity index (χ3n) is 3.70. The molecular weight excluding hydrogens is 396 g/mol. The van der Waals surface area contributed by atoms with E-state index in [-0.39, 0.29) is 0 Å². The SMILES string of the molecule is CN(C)CCCOc1ncc(Br)cc1NS(=O)(=O)N1CCCCC1. The molecule has 0 saturated carbocycles. The molecule has 136 valence electrons. The first kappa shape index (κ1) is 19.4. The molecule has 0 unspecified atom stereocenters. The largest absolute Gasteiger partial charge is 0.476 e. The molecule has 24 heavy (non-hydrogen) atoms. The van der Waals surface area contributed by atoms with Gasteiger partial charge in [-0.2, -0.15) is 12.7 Å². The van der Waals surface area contributed by atoms with Crippen molar-refractivity contribution < 1.29 is 13.2 Å². The van der Waals surface area contributed by atoms with Gasteiger partial charge in [0.25, 0.3) is 0 Å². The summed E-state index contributed by atoms with van der Waals surface area (Å²) in [7, 11) is 0.407. The molecule has 0 amide bonds. The molecule has 0 aromatic carbocycles. The highest BCUT2D eigenvalue weighted by atomic mass is 79.9. The molecule has 1 aromatic heterocycles. The van der Waals surface area contributed by atoms with E-state index >= 15 is 0 Å². The number of rotatable bonds is 8. The molecule has 1 aliphatic heterocycles. The van der Waals surface area contributed by atoms with Gasteiger partial charge in [-0.3, -0.25) is 4.72 Å². The number of hydrogen-bond donors (Lipinski definition) is 1. The van der Waals surface area contributed by atoms with Gasteiger partial charge in [0.1, 0.15) is 5.69 Å². The zero-order chi connectivity index (χ0) is 17.6. The molecule has 9 heteroatoms. The molecule has 1 aliphatic rings. The minimum atomic E-state index is -3.59. The van der Waals surface area contributed by atoms with E-state index in [4.69, 9.17) is 4.74 Å². The van der Waals surface area contributed by atoms with Gasteiger partial charge in [-0.1, -0.05) is 6.42 Å². The van der Waals surface area contributed by atoms with Gasteiger partial charge in [-0.05, 0) is 55.4 Å². The molecule has 1 saturated heterocycles. The average molecular weight is 421 g/mol. The monoisotopic (exact) mass is 420 g/mol. The highest BCUT2D eigenvalue weighted by Crippen LogP contribution is 2.27. The number of pyridine rings is 1. The van der Waals surface area contributed by atoms with Crippen molar-refractivity contribution in [3.05, 3.63) is 16.7 Å². The van der Waals surface area contributed by atoms with E-state index in [1.165, 1.54) is 4.31 Å². The molecule has 0 radical (unpaired) electrons. The Morgan fingerprint density at radius 2 is 2.04 bits per heavy atom. The second kappa shape index (κ2) is 8.98. The molecule has 2 rings (SSSR count). The lowest BCUT2D eigenvalue weighted by Gasteiger charge is -2.26. The van der Waals surface area contributed by atoms with E-state index in [9.17, 15) is 8.42 Å². The van der Waals surface area contributed by atoms with Crippen molar-refractivity contribution in [1.29, 1.82) is 0 Å². The van der Waals surface area contributed by atoms with E-state index in [1.54, 1.807) is 12.3 Å². The highest BCUT2D eigenvalue weighted by molar-refractivity contribution is 9.10. The van der Waals surface area contributed by atoms with Crippen LogP contribution in [0.25, 0.3) is 0 Å². The molecule has 7 nitrogen and oxygen atoms in total. The highest BCUT2D eigenvalue weighted by Gasteiger charge is 2.25. The van der Waals surface area contributed by atoms with Crippen molar-refractivity contribution in [2.75, 3.05) is 45.1 Å². The number of halogens is 1. The second-order valence-corrected chi connectivity index (χ2v) is 8.66. The number of hydrogen-bond acceptors (Lipinski definition) is 5. The smallest absolute Gasteiger partial charge is 0.301 e. The van der Waals surface area contributed by atoms with E-state index in [2.05, 4.69) is 30.5 Å². The van der Waals surface area contributed by atoms with Crippen LogP contribution in [0.4, 0.5) is 5.69 Å². The summed E-state index contributed by atoms with van der Waals surface area (Å²) in [6.45, 7) is 2.47. The van der Waals surface area contributed by atoms with Crippen LogP contribution in [0, 0.1) is 0 Å². The molecule has 0 spiro atoms. The second-order valence-electron chi connectivity index (χ2n) is 6.08. The zero-order valence-corrected chi connectivity index (χ0v) is 16.6. The van der Waals surface area contributed by atoms with E-state index in [1.807, 2.05) is 14.1 Å². The van der Waals surface area contributed by atoms with Crippen LogP contribution in [0.3, 0.4) is 0 Å². The van der Waals surface area contributed by atoms with Crippen LogP contribution in [0.1, 0.15) is 25.7 Å². The minimum Gasteiger partial charge on any atom is -0.476 e. The third-order valence-corrected chi connectivity index (χ3v) is 5.66. The Hall–Kier alpha value is -0.900. The Morgan fingerprint density at radius 1 is 1.33 bits per heavy atom. The normalized spacial score (nSPS) is 16.3. The molecule has 0 aliphatic carbocycles. The molecular formula is C15H25BrN4O3S. The van der Waals surface area contributed by atoms with Gasteiger partial charge in [-0.25, -0.2) is 4.98 Å². The fourth-order valence-corrected chi connectivity index (χ4v) is 4.10. The van der Waals surface area contributed by atoms with Gasteiger partial charge < -0.3 is 9.64 Å². The Kier molecular flexibility index (Phi) is 7.27. The lowest BCUT2D eigenvalue weighted by molar-refractivity contribution is 0.274. The molecule has 2 heterocycles. The maximum absolute atomic E-state index is 12.5. The first-order valence-electron chi connectivity index (χ1n) is 8.09. The maximum atomic E-state index is 12.5. The summed E-state index contributed by atoms with van der Waals surface area (Å²) < 4.78 is 35.6. The lowest BCUT2D eigenvalue weighted by atomic mass is 10.2. The number of nitrogens with zero attached hydrogens (tertiary/aromatic N) is 3. The van der Waals surface area contributed by atoms with Gasteiger partial charge in [0, 0.05) is 30.3 Å². The first-order valence-corrected chi connectivity index (χ1v) is 10.3. The topological polar surface area (TPSA) is 74.8 Å². The summed E-state index contributed by atoms with van der Waals surface area (Å²) in [5.74, 6) is 0.303. The summed E-state index contributed by atoms with van der Waals surface area (Å²) >= 11 is 3.33. The first-order chi connectivity index (χ1) is 11.4. The Balaban J connectivity index is 2.06. The quantitative estimate of drug-likeness (QED) is 0.653. The summed E-state index contributed by atoms with van der Waals surface area (Å²) in [4.78, 5) is 6.26. The summed E-state index contributed by atoms with van der Waals surface area (Å²) in [5, 5.41) is 0. The predicted octanol–water partition coefficient (Wildman–Crippen LogP) is 2.32. The maximum Gasteiger partial charge on any atom is 0.301 e. The van der Waals surface area contributed by atoms with Crippen LogP contribution >= 0.6 is 15.9 Å². The van der Waals surface area contributed by atoms with Gasteiger partial charge in [-0.15, -0.1) is 0 Å². The van der Waals surface area contributed by atoms with Crippen molar-refractivity contribution in [2.24, 2.45) is 0 Å². The van der Waals surface area contributed by atoms with E-state index in [0.29, 0.717) is 35.7 Å². The van der Waals surface area contributed by atoms with Crippen LogP contribution in [0.2, 0.25) is 0 Å². The molecule has 1 fully saturated rings. The number of anilines is 1. The number of nitrogens with one attached hydrogen (secondary N) is 1. The standard InChI is InChI=1S/C15H25BrN4O3S/c1-19(2)7-6-10-23-15-14(11-13(16)12-17-15)18-24(21,22)20-8-4-3-5-9-20/h11-12,18H,3-10H2,1-2H3. The van der Waals surface area contributed by atoms with Crippen molar-refractivity contribution in [3.63, 3.8) is 0 Å². The van der Waals surface area contributed by atoms with Crippen LogP contribution in [0.5, 0.6) is 5.88 Å². The van der Waals surface area contributed by atoms with E-state index in [0.717, 1.165) is 32.2 Å². The molecule has 1 N–H and O–H groups in total. The van der Waals surface area contributed by atoms with Crippen molar-refractivity contribution in [1.82, 2.24) is 14.2 Å². The van der Waals surface area contributed by atoms with Gasteiger partial charge in [0.15, 0.2) is 0 Å². The summed E-state index contributed by atoms with van der Waals surface area (Å²) in [6, 6.07) is 1.68. The van der Waals surface area contributed by atoms with Crippen molar-refractivity contribution in [3.8, 4) is 5.88 Å². The van der Waals surface area contributed by atoms with Crippen molar-refractivity contribution in [2.45, 2.75) is 25.7 Å². The average Bonchev–Trinajstić information content (AvgIpc) is 2.53. The van der Waals surface area contributed by atoms with Crippen LogP contribution in [0.15, 0.2) is 16.7 Å². The van der Waals surface area contributed by atoms with E-state index < -0.39 is 10.2 Å². The number of ether oxygens (including phenoxy) is 1. The number of piperidine rings is 1. The van der Waals surface area contributed by atoms with Gasteiger partial charge >= 0.3 is 10.2 Å². The molecule has 0 atom stereocenters. The number of aromatic nitrogens is 1. The Bertz CT molecular complexity index is 634. The molecule has 1 aromatic rings. The van der Waals surface area contributed by atoms with Crippen LogP contribution in [-0.2, 0) is 10.2 Å². The fourth-order valence-electron chi connectivity index (χ4n) is 2.47. The third kappa shape index (κ3) is 5.87. The van der Waals surface area contributed by atoms with Gasteiger partial charge in [0.2, 0.25) is 5.88 Å². The summed E-state index contributed by atoms with van der Waals surface area (Å²) in [5.41, 5.74) is 0.361. The lowest BCUT2D eigenvalue weighted by Crippen LogP contribution is -2.39. The zero-order valence-electron chi connectivity index (χ0n) is 14.2. The Labute approximate surface area is 152 Å². The predicted molar refractivity (Wildman–Crippen MR) is 98.6 cm³/mol. The Morgan fingerprint density at radius 3 is 2.71 bits per heavy atom. The molecule has 0 bridgehead atoms. The summed E-state index contributed by atoms with van der Waals surface area (Å²) in [6.07, 6.45) is 5.30.